The van der Waals surface area contributed by atoms with Crippen LogP contribution in [0.15, 0.2) is 49.2 Å². The van der Waals surface area contributed by atoms with Crippen LogP contribution in [0, 0.1) is 0 Å². The first kappa shape index (κ1) is 24.4. The van der Waals surface area contributed by atoms with Crippen molar-refractivity contribution in [3.8, 4) is 5.75 Å². The summed E-state index contributed by atoms with van der Waals surface area (Å²) in [5.74, 6) is 0.366. The van der Waals surface area contributed by atoms with Crippen LogP contribution in [-0.2, 0) is 16.0 Å². The Labute approximate surface area is 206 Å². The van der Waals surface area contributed by atoms with Crippen molar-refractivity contribution in [2.75, 3.05) is 6.61 Å². The first-order chi connectivity index (χ1) is 15.2. The number of nitrogens with zero attached hydrogens (tertiary/aromatic N) is 3. The van der Waals surface area contributed by atoms with Crippen molar-refractivity contribution in [3.05, 3.63) is 66.0 Å². The number of halogens is 3. The standard InChI is InChI=1S/C22H20Br2ClN3O4/c1-4-19-27-18-7-6-14(23)10-15(18)21(29)28(19)26-11-13-8-16(24)20(17(25)9-13)32-12(3)22(30)31-5-2/h6-12H,4-5H2,1-3H3/t12-/m1/s1. The van der Waals surface area contributed by atoms with E-state index >= 15 is 0 Å². The lowest BCUT2D eigenvalue weighted by atomic mass is 10.2. The Kier molecular flexibility index (Phi) is 8.08. The number of hydrogen-bond donors (Lipinski definition) is 0. The molecule has 0 amide bonds. The molecule has 1 heterocycles. The predicted octanol–water partition coefficient (Wildman–Crippen LogP) is 5.35. The highest BCUT2D eigenvalue weighted by Gasteiger charge is 2.19. The van der Waals surface area contributed by atoms with E-state index in [0.29, 0.717) is 38.9 Å². The Morgan fingerprint density at radius 2 is 2.03 bits per heavy atom. The van der Waals surface area contributed by atoms with Crippen LogP contribution < -0.4 is 10.3 Å². The molecule has 2 aromatic carbocycles. The van der Waals surface area contributed by atoms with E-state index in [9.17, 15) is 9.59 Å². The average molecular weight is 586 g/mol. The first-order valence-electron chi connectivity index (χ1n) is 9.83. The molecule has 168 valence electrons. The molecular formula is C22H20Br2ClN3O4. The van der Waals surface area contributed by atoms with Crippen molar-refractivity contribution in [1.29, 1.82) is 0 Å². The molecule has 0 saturated heterocycles. The van der Waals surface area contributed by atoms with Gasteiger partial charge >= 0.3 is 5.97 Å². The van der Waals surface area contributed by atoms with Gasteiger partial charge in [0.1, 0.15) is 5.82 Å². The number of aryl methyl sites for hydroxylation is 1. The van der Waals surface area contributed by atoms with Gasteiger partial charge in [-0.2, -0.15) is 9.78 Å². The second kappa shape index (κ2) is 10.6. The van der Waals surface area contributed by atoms with Gasteiger partial charge < -0.3 is 9.47 Å². The second-order valence-electron chi connectivity index (χ2n) is 6.73. The summed E-state index contributed by atoms with van der Waals surface area (Å²) < 4.78 is 13.2. The van der Waals surface area contributed by atoms with Gasteiger partial charge in [-0.25, -0.2) is 9.78 Å². The lowest BCUT2D eigenvalue weighted by Crippen LogP contribution is -2.26. The van der Waals surface area contributed by atoms with Gasteiger partial charge in [0, 0.05) is 10.9 Å². The highest BCUT2D eigenvalue weighted by molar-refractivity contribution is 9.10. The van der Waals surface area contributed by atoms with E-state index < -0.39 is 12.1 Å². The average Bonchev–Trinajstić information content (AvgIpc) is 2.75. The van der Waals surface area contributed by atoms with E-state index in [4.69, 9.17) is 21.1 Å². The number of fused-ring (bicyclic) bond motifs is 1. The van der Waals surface area contributed by atoms with Crippen molar-refractivity contribution in [2.45, 2.75) is 33.3 Å². The largest absolute Gasteiger partial charge is 0.476 e. The van der Waals surface area contributed by atoms with E-state index in [2.05, 4.69) is 41.9 Å². The maximum Gasteiger partial charge on any atom is 0.347 e. The van der Waals surface area contributed by atoms with Gasteiger partial charge in [0.25, 0.3) is 5.56 Å². The molecule has 0 N–H and O–H groups in total. The summed E-state index contributed by atoms with van der Waals surface area (Å²) in [6, 6.07) is 8.71. The Morgan fingerprint density at radius 3 is 2.69 bits per heavy atom. The molecule has 0 aliphatic heterocycles. The van der Waals surface area contributed by atoms with Crippen molar-refractivity contribution < 1.29 is 14.3 Å². The second-order valence-corrected chi connectivity index (χ2v) is 8.91. The zero-order valence-corrected chi connectivity index (χ0v) is 21.5. The summed E-state index contributed by atoms with van der Waals surface area (Å²) in [6.45, 7) is 5.47. The smallest absolute Gasteiger partial charge is 0.347 e. The number of carbonyl (C=O) groups excluding carboxylic acids is 1. The number of rotatable bonds is 7. The van der Waals surface area contributed by atoms with Crippen LogP contribution in [0.4, 0.5) is 0 Å². The third kappa shape index (κ3) is 5.39. The molecule has 0 saturated carbocycles. The Bertz CT molecular complexity index is 1240. The number of hydrogen-bond acceptors (Lipinski definition) is 6. The Hall–Kier alpha value is -2.23. The highest BCUT2D eigenvalue weighted by atomic mass is 79.9. The fourth-order valence-electron chi connectivity index (χ4n) is 2.92. The normalized spacial score (nSPS) is 12.3. The summed E-state index contributed by atoms with van der Waals surface area (Å²) in [4.78, 5) is 29.4. The topological polar surface area (TPSA) is 82.8 Å². The first-order valence-corrected chi connectivity index (χ1v) is 11.8. The summed E-state index contributed by atoms with van der Waals surface area (Å²) in [5.41, 5.74) is 0.976. The molecule has 3 aromatic rings. The minimum Gasteiger partial charge on any atom is -0.476 e. The predicted molar refractivity (Wildman–Crippen MR) is 132 cm³/mol. The SMILES string of the molecule is CCOC(=O)[C@@H](C)Oc1c(Cl)cc(C=Nn2c(CC)nc3ccc(Br)cc3c2=O)cc1Br. The molecule has 0 fully saturated rings. The summed E-state index contributed by atoms with van der Waals surface area (Å²) in [6.07, 6.45) is 1.22. The van der Waals surface area contributed by atoms with Crippen LogP contribution in [-0.4, -0.2) is 34.6 Å². The molecule has 0 spiro atoms. The van der Waals surface area contributed by atoms with E-state index in [1.54, 1.807) is 38.1 Å². The van der Waals surface area contributed by atoms with E-state index in [1.807, 2.05) is 13.0 Å². The molecule has 0 radical (unpaired) electrons. The van der Waals surface area contributed by atoms with Crippen LogP contribution >= 0.6 is 43.5 Å². The van der Waals surface area contributed by atoms with Gasteiger partial charge in [-0.15, -0.1) is 0 Å². The molecule has 32 heavy (non-hydrogen) atoms. The fraction of sp³-hybridized carbons (Fsp3) is 0.273. The molecule has 7 nitrogen and oxygen atoms in total. The molecule has 10 heteroatoms. The monoisotopic (exact) mass is 583 g/mol. The van der Waals surface area contributed by atoms with Crippen LogP contribution in [0.25, 0.3) is 10.9 Å². The maximum absolute atomic E-state index is 13.0. The van der Waals surface area contributed by atoms with Gasteiger partial charge in [-0.05, 0) is 65.7 Å². The third-order valence-corrected chi connectivity index (χ3v) is 5.81. The Balaban J connectivity index is 1.95. The van der Waals surface area contributed by atoms with Gasteiger partial charge in [0.15, 0.2) is 11.9 Å². The number of benzene rings is 2. The zero-order valence-electron chi connectivity index (χ0n) is 17.6. The van der Waals surface area contributed by atoms with Crippen LogP contribution in [0.5, 0.6) is 5.75 Å². The lowest BCUT2D eigenvalue weighted by Gasteiger charge is -2.16. The van der Waals surface area contributed by atoms with Crippen LogP contribution in [0.2, 0.25) is 5.02 Å². The number of ether oxygens (including phenoxy) is 2. The maximum atomic E-state index is 13.0. The van der Waals surface area contributed by atoms with Gasteiger partial charge in [-0.3, -0.25) is 4.79 Å². The molecule has 1 aromatic heterocycles. The summed E-state index contributed by atoms with van der Waals surface area (Å²) in [7, 11) is 0. The van der Waals surface area contributed by atoms with Gasteiger partial charge in [0.05, 0.1) is 33.2 Å². The number of esters is 1. The number of carbonyl (C=O) groups is 1. The minimum atomic E-state index is -0.822. The zero-order chi connectivity index (χ0) is 23.4. The number of aromatic nitrogens is 2. The van der Waals surface area contributed by atoms with E-state index in [-0.39, 0.29) is 17.2 Å². The van der Waals surface area contributed by atoms with Crippen molar-refractivity contribution >= 4 is 66.5 Å². The Morgan fingerprint density at radius 1 is 1.28 bits per heavy atom. The minimum absolute atomic E-state index is 0.260. The van der Waals surface area contributed by atoms with Crippen LogP contribution in [0.3, 0.4) is 0 Å². The van der Waals surface area contributed by atoms with Crippen molar-refractivity contribution in [1.82, 2.24) is 9.66 Å². The molecule has 0 bridgehead atoms. The highest BCUT2D eigenvalue weighted by Crippen LogP contribution is 2.35. The molecule has 0 unspecified atom stereocenters. The molecule has 3 rings (SSSR count). The van der Waals surface area contributed by atoms with Gasteiger partial charge in [-0.1, -0.05) is 34.5 Å². The quantitative estimate of drug-likeness (QED) is 0.276. The van der Waals surface area contributed by atoms with Crippen LogP contribution in [0.1, 0.15) is 32.2 Å². The summed E-state index contributed by atoms with van der Waals surface area (Å²) >= 11 is 13.2. The van der Waals surface area contributed by atoms with Crippen molar-refractivity contribution in [2.24, 2.45) is 5.10 Å². The lowest BCUT2D eigenvalue weighted by molar-refractivity contribution is -0.150. The van der Waals surface area contributed by atoms with Crippen molar-refractivity contribution in [3.63, 3.8) is 0 Å². The molecule has 1 atom stereocenters. The van der Waals surface area contributed by atoms with E-state index in [0.717, 1.165) is 4.47 Å². The van der Waals surface area contributed by atoms with E-state index in [1.165, 1.54) is 10.9 Å². The summed E-state index contributed by atoms with van der Waals surface area (Å²) in [5, 5.41) is 5.10. The molecule has 0 aliphatic carbocycles. The molecule has 0 aliphatic rings. The third-order valence-electron chi connectivity index (χ3n) is 4.45. The molecular weight excluding hydrogens is 566 g/mol. The van der Waals surface area contributed by atoms with Gasteiger partial charge in [0.2, 0.25) is 0 Å². The fourth-order valence-corrected chi connectivity index (χ4v) is 4.24.